The number of hydrogen-bond donors (Lipinski definition) is 1. The van der Waals surface area contributed by atoms with Crippen LogP contribution in [0.15, 0.2) is 79.6 Å². The van der Waals surface area contributed by atoms with E-state index in [0.29, 0.717) is 12.4 Å². The molecule has 7 nitrogen and oxygen atoms in total. The molecule has 1 aliphatic rings. The second kappa shape index (κ2) is 8.78. The summed E-state index contributed by atoms with van der Waals surface area (Å²) in [6, 6.07) is 19.7. The van der Waals surface area contributed by atoms with E-state index in [1.54, 1.807) is 0 Å². The molecule has 0 unspecified atom stereocenters. The third-order valence-corrected chi connectivity index (χ3v) is 6.08. The van der Waals surface area contributed by atoms with Gasteiger partial charge in [0.2, 0.25) is 5.91 Å². The largest absolute Gasteiger partial charge is 0.457 e. The maximum absolute atomic E-state index is 12.2. The van der Waals surface area contributed by atoms with Gasteiger partial charge in [-0.1, -0.05) is 36.9 Å². The van der Waals surface area contributed by atoms with Crippen molar-refractivity contribution in [2.75, 3.05) is 18.8 Å². The van der Waals surface area contributed by atoms with Gasteiger partial charge >= 0.3 is 0 Å². The lowest BCUT2D eigenvalue weighted by Gasteiger charge is -2.31. The van der Waals surface area contributed by atoms with E-state index in [4.69, 9.17) is 10.5 Å². The fourth-order valence-corrected chi connectivity index (χ4v) is 4.48. The zero-order chi connectivity index (χ0) is 22.8. The first-order chi connectivity index (χ1) is 16.1. The third-order valence-electron chi connectivity index (χ3n) is 6.08. The minimum atomic E-state index is -0.0380. The van der Waals surface area contributed by atoms with Crippen molar-refractivity contribution in [3.8, 4) is 22.6 Å². The Kier molecular flexibility index (Phi) is 5.52. The van der Waals surface area contributed by atoms with Crippen molar-refractivity contribution in [3.05, 3.63) is 85.3 Å². The van der Waals surface area contributed by atoms with Gasteiger partial charge < -0.3 is 15.4 Å². The van der Waals surface area contributed by atoms with Crippen molar-refractivity contribution in [2.45, 2.75) is 18.8 Å². The van der Waals surface area contributed by atoms with Crippen LogP contribution >= 0.6 is 0 Å². The molecule has 4 aromatic rings. The summed E-state index contributed by atoms with van der Waals surface area (Å²) < 4.78 is 7.80. The van der Waals surface area contributed by atoms with Crippen LogP contribution in [0.4, 0.5) is 5.82 Å². The van der Waals surface area contributed by atoms with Gasteiger partial charge in [0, 0.05) is 30.3 Å². The summed E-state index contributed by atoms with van der Waals surface area (Å²) in [5.74, 6) is 2.08. The summed E-state index contributed by atoms with van der Waals surface area (Å²) in [5.41, 5.74) is 10.0. The van der Waals surface area contributed by atoms with Crippen molar-refractivity contribution in [2.24, 2.45) is 0 Å². The van der Waals surface area contributed by atoms with Crippen LogP contribution in [-0.4, -0.2) is 38.5 Å². The summed E-state index contributed by atoms with van der Waals surface area (Å²) in [6.45, 7) is 5.01. The Hall–Kier alpha value is -4.13. The van der Waals surface area contributed by atoms with Crippen molar-refractivity contribution in [3.63, 3.8) is 0 Å². The number of nitrogens with zero attached hydrogens (tertiary/aromatic N) is 4. The molecule has 0 saturated carbocycles. The van der Waals surface area contributed by atoms with Crippen LogP contribution in [0.25, 0.3) is 16.6 Å². The summed E-state index contributed by atoms with van der Waals surface area (Å²) in [4.78, 5) is 18.3. The van der Waals surface area contributed by atoms with Crippen LogP contribution in [0.3, 0.4) is 0 Å². The summed E-state index contributed by atoms with van der Waals surface area (Å²) in [5, 5.41) is 4.50. The molecule has 0 bridgehead atoms. The lowest BCUT2D eigenvalue weighted by molar-refractivity contribution is -0.127. The van der Waals surface area contributed by atoms with Gasteiger partial charge in [0.1, 0.15) is 23.3 Å². The first kappa shape index (κ1) is 20.8. The predicted molar refractivity (Wildman–Crippen MR) is 128 cm³/mol. The molecule has 0 spiro atoms. The predicted octanol–water partition coefficient (Wildman–Crippen LogP) is 4.66. The molecule has 7 heteroatoms. The number of nitrogens with two attached hydrogens (primary N) is 1. The molecule has 1 amide bonds. The van der Waals surface area contributed by atoms with Crippen LogP contribution in [-0.2, 0) is 4.79 Å². The van der Waals surface area contributed by atoms with Gasteiger partial charge in [-0.3, -0.25) is 4.79 Å². The van der Waals surface area contributed by atoms with E-state index >= 15 is 0 Å². The molecule has 1 atom stereocenters. The normalized spacial score (nSPS) is 16.0. The van der Waals surface area contributed by atoms with E-state index < -0.39 is 0 Å². The third kappa shape index (κ3) is 4.05. The number of rotatable bonds is 5. The van der Waals surface area contributed by atoms with Crippen LogP contribution in [0.5, 0.6) is 11.5 Å². The van der Waals surface area contributed by atoms with E-state index in [2.05, 4.69) is 22.7 Å². The number of amides is 1. The van der Waals surface area contributed by atoms with E-state index in [1.165, 1.54) is 12.4 Å². The maximum Gasteiger partial charge on any atom is 0.245 e. The first-order valence-electron chi connectivity index (χ1n) is 11.0. The SMILES string of the molecule is C=CC(=O)N1CCC[C@@H](c2cc(-c3ccc(Oc4ccccc4)cc3)c3c(N)ncnn23)C1. The average Bonchev–Trinajstić information content (AvgIpc) is 3.26. The van der Waals surface area contributed by atoms with Crippen LogP contribution in [0.2, 0.25) is 0 Å². The minimum absolute atomic E-state index is 0.0380. The Morgan fingerprint density at radius 2 is 1.88 bits per heavy atom. The zero-order valence-electron chi connectivity index (χ0n) is 18.2. The number of fused-ring (bicyclic) bond motifs is 1. The summed E-state index contributed by atoms with van der Waals surface area (Å²) >= 11 is 0. The van der Waals surface area contributed by atoms with E-state index in [9.17, 15) is 4.79 Å². The number of carbonyl (C=O) groups is 1. The quantitative estimate of drug-likeness (QED) is 0.457. The van der Waals surface area contributed by atoms with Crippen LogP contribution < -0.4 is 10.5 Å². The molecule has 0 aliphatic carbocycles. The average molecular weight is 440 g/mol. The zero-order valence-corrected chi connectivity index (χ0v) is 18.2. The van der Waals surface area contributed by atoms with Crippen molar-refractivity contribution in [1.29, 1.82) is 0 Å². The number of piperidine rings is 1. The van der Waals surface area contributed by atoms with Gasteiger partial charge in [0.25, 0.3) is 0 Å². The Balaban J connectivity index is 1.50. The van der Waals surface area contributed by atoms with Gasteiger partial charge in [-0.25, -0.2) is 9.50 Å². The second-order valence-electron chi connectivity index (χ2n) is 8.16. The molecule has 1 saturated heterocycles. The molecule has 3 heterocycles. The van der Waals surface area contributed by atoms with E-state index in [-0.39, 0.29) is 11.8 Å². The van der Waals surface area contributed by atoms with E-state index in [0.717, 1.165) is 53.2 Å². The Morgan fingerprint density at radius 1 is 1.12 bits per heavy atom. The highest BCUT2D eigenvalue weighted by Gasteiger charge is 2.27. The van der Waals surface area contributed by atoms with Gasteiger partial charge in [0.05, 0.1) is 0 Å². The number of ether oxygens (including phenoxy) is 1. The number of likely N-dealkylation sites (tertiary alicyclic amines) is 1. The highest BCUT2D eigenvalue weighted by molar-refractivity contribution is 5.89. The van der Waals surface area contributed by atoms with Crippen LogP contribution in [0, 0.1) is 0 Å². The molecule has 2 aromatic carbocycles. The summed E-state index contributed by atoms with van der Waals surface area (Å²) in [7, 11) is 0. The molecular formula is C26H25N5O2. The van der Waals surface area contributed by atoms with E-state index in [1.807, 2.05) is 64.0 Å². The lowest BCUT2D eigenvalue weighted by atomic mass is 9.94. The van der Waals surface area contributed by atoms with Crippen molar-refractivity contribution in [1.82, 2.24) is 19.5 Å². The standard InChI is InChI=1S/C26H25N5O2/c1-2-24(32)30-14-6-7-19(16-30)23-15-22(25-26(27)28-17-29-31(23)25)18-10-12-21(13-11-18)33-20-8-4-3-5-9-20/h2-5,8-13,15,17,19H,1,6-7,14,16H2,(H2,27,28,29)/t19-/m1/s1. The van der Waals surface area contributed by atoms with Gasteiger partial charge in [-0.15, -0.1) is 0 Å². The topological polar surface area (TPSA) is 85.8 Å². The minimum Gasteiger partial charge on any atom is -0.457 e. The Morgan fingerprint density at radius 3 is 2.64 bits per heavy atom. The Labute approximate surface area is 192 Å². The summed E-state index contributed by atoms with van der Waals surface area (Å²) in [6.07, 6.45) is 4.75. The molecule has 1 aliphatic heterocycles. The van der Waals surface area contributed by atoms with Crippen molar-refractivity contribution >= 4 is 17.2 Å². The van der Waals surface area contributed by atoms with Gasteiger partial charge in [-0.2, -0.15) is 5.10 Å². The first-order valence-corrected chi connectivity index (χ1v) is 11.0. The fourth-order valence-electron chi connectivity index (χ4n) is 4.48. The molecular weight excluding hydrogens is 414 g/mol. The number of hydrogen-bond acceptors (Lipinski definition) is 5. The number of nitrogen functional groups attached to an aromatic ring is 1. The number of para-hydroxylation sites is 1. The van der Waals surface area contributed by atoms with Crippen LogP contribution in [0.1, 0.15) is 24.5 Å². The monoisotopic (exact) mass is 439 g/mol. The lowest BCUT2D eigenvalue weighted by Crippen LogP contribution is -2.38. The fraction of sp³-hybridized carbons (Fsp3) is 0.192. The molecule has 0 radical (unpaired) electrons. The molecule has 2 N–H and O–H groups in total. The highest BCUT2D eigenvalue weighted by Crippen LogP contribution is 2.36. The number of aromatic nitrogens is 3. The number of anilines is 1. The van der Waals surface area contributed by atoms with Crippen molar-refractivity contribution < 1.29 is 9.53 Å². The number of carbonyl (C=O) groups excluding carboxylic acids is 1. The number of benzene rings is 2. The molecule has 1 fully saturated rings. The van der Waals surface area contributed by atoms with Gasteiger partial charge in [-0.05, 0) is 54.8 Å². The molecule has 2 aromatic heterocycles. The molecule has 5 rings (SSSR count). The highest BCUT2D eigenvalue weighted by atomic mass is 16.5. The smallest absolute Gasteiger partial charge is 0.245 e. The molecule has 166 valence electrons. The molecule has 33 heavy (non-hydrogen) atoms. The Bertz CT molecular complexity index is 1300. The maximum atomic E-state index is 12.2. The van der Waals surface area contributed by atoms with Gasteiger partial charge in [0.15, 0.2) is 5.82 Å². The second-order valence-corrected chi connectivity index (χ2v) is 8.16.